The number of carbonyl (C=O) groups excluding carboxylic acids is 1. The van der Waals surface area contributed by atoms with Crippen LogP contribution in [0, 0.1) is 0 Å². The van der Waals surface area contributed by atoms with Crippen LogP contribution in [0.15, 0.2) is 36.7 Å². The molecule has 2 saturated heterocycles. The van der Waals surface area contributed by atoms with E-state index in [1.54, 1.807) is 10.9 Å². The molecule has 2 unspecified atom stereocenters. The van der Waals surface area contributed by atoms with Crippen LogP contribution in [-0.2, 0) is 23.1 Å². The van der Waals surface area contributed by atoms with Crippen molar-refractivity contribution in [2.24, 2.45) is 7.05 Å². The highest BCUT2D eigenvalue weighted by Gasteiger charge is 2.51. The molecule has 0 spiro atoms. The first kappa shape index (κ1) is 18.9. The number of rotatable bonds is 7. The SMILES string of the molecule is CCOc1cccc(C2OC2N2C[C@H](O)C[C@H]2C(=O)NCc2cnn(C)c2)c1. The summed E-state index contributed by atoms with van der Waals surface area (Å²) in [7, 11) is 1.84. The average molecular weight is 386 g/mol. The second kappa shape index (κ2) is 7.90. The summed E-state index contributed by atoms with van der Waals surface area (Å²) in [4.78, 5) is 14.7. The summed E-state index contributed by atoms with van der Waals surface area (Å²) in [5, 5.41) is 17.2. The maximum absolute atomic E-state index is 12.7. The largest absolute Gasteiger partial charge is 0.494 e. The highest BCUT2D eigenvalue weighted by molar-refractivity contribution is 5.82. The zero-order valence-electron chi connectivity index (χ0n) is 16.1. The molecule has 8 heteroatoms. The van der Waals surface area contributed by atoms with Crippen molar-refractivity contribution < 1.29 is 19.4 Å². The Kier molecular flexibility index (Phi) is 5.34. The number of amides is 1. The first-order chi connectivity index (χ1) is 13.5. The van der Waals surface area contributed by atoms with Crippen LogP contribution in [0.4, 0.5) is 0 Å². The number of epoxide rings is 1. The predicted molar refractivity (Wildman–Crippen MR) is 101 cm³/mol. The first-order valence-electron chi connectivity index (χ1n) is 9.62. The molecule has 2 aromatic rings. The van der Waals surface area contributed by atoms with Crippen LogP contribution in [0.5, 0.6) is 5.75 Å². The number of likely N-dealkylation sites (tertiary alicyclic amines) is 1. The van der Waals surface area contributed by atoms with E-state index < -0.39 is 12.1 Å². The fraction of sp³-hybridized carbons (Fsp3) is 0.500. The summed E-state index contributed by atoms with van der Waals surface area (Å²) in [6.45, 7) is 3.40. The lowest BCUT2D eigenvalue weighted by molar-refractivity contribution is -0.126. The van der Waals surface area contributed by atoms with E-state index in [9.17, 15) is 9.90 Å². The standard InChI is InChI=1S/C20H26N4O4/c1-3-27-16-6-4-5-14(7-16)18-20(28-18)24-12-15(25)8-17(24)19(26)21-9-13-10-22-23(2)11-13/h4-7,10-11,15,17-18,20,25H,3,8-9,12H2,1-2H3,(H,21,26)/t15-,17+,18?,20?/m1/s1. The van der Waals surface area contributed by atoms with Gasteiger partial charge in [-0.1, -0.05) is 12.1 Å². The molecule has 4 atom stereocenters. The van der Waals surface area contributed by atoms with Crippen molar-refractivity contribution in [3.8, 4) is 5.75 Å². The lowest BCUT2D eigenvalue weighted by Crippen LogP contribution is -2.44. The Bertz CT molecular complexity index is 839. The van der Waals surface area contributed by atoms with Crippen molar-refractivity contribution in [3.63, 3.8) is 0 Å². The number of carbonyl (C=O) groups is 1. The highest BCUT2D eigenvalue weighted by Crippen LogP contribution is 2.44. The van der Waals surface area contributed by atoms with E-state index in [1.807, 2.05) is 49.3 Å². The van der Waals surface area contributed by atoms with Crippen molar-refractivity contribution >= 4 is 5.91 Å². The third-order valence-electron chi connectivity index (χ3n) is 5.14. The van der Waals surface area contributed by atoms with Gasteiger partial charge in [0.2, 0.25) is 5.91 Å². The smallest absolute Gasteiger partial charge is 0.237 e. The molecule has 1 amide bonds. The normalized spacial score (nSPS) is 27.0. The Balaban J connectivity index is 1.39. The fourth-order valence-electron chi connectivity index (χ4n) is 3.80. The van der Waals surface area contributed by atoms with Crippen LogP contribution in [0.1, 0.15) is 30.6 Å². The number of nitrogens with one attached hydrogen (secondary N) is 1. The van der Waals surface area contributed by atoms with E-state index in [-0.39, 0.29) is 18.2 Å². The molecule has 0 aliphatic carbocycles. The summed E-state index contributed by atoms with van der Waals surface area (Å²) < 4.78 is 13.1. The van der Waals surface area contributed by atoms with Crippen LogP contribution in [-0.4, -0.2) is 57.2 Å². The summed E-state index contributed by atoms with van der Waals surface area (Å²) in [5.41, 5.74) is 1.96. The molecule has 2 N–H and O–H groups in total. The van der Waals surface area contributed by atoms with Gasteiger partial charge in [-0.25, -0.2) is 0 Å². The molecule has 150 valence electrons. The van der Waals surface area contributed by atoms with E-state index in [2.05, 4.69) is 10.4 Å². The van der Waals surface area contributed by atoms with Gasteiger partial charge in [-0.2, -0.15) is 5.10 Å². The number of aryl methyl sites for hydroxylation is 1. The quantitative estimate of drug-likeness (QED) is 0.689. The second-order valence-corrected chi connectivity index (χ2v) is 7.29. The first-order valence-corrected chi connectivity index (χ1v) is 9.62. The van der Waals surface area contributed by atoms with E-state index in [1.165, 1.54) is 0 Å². The lowest BCUT2D eigenvalue weighted by atomic mass is 10.1. The molecule has 0 radical (unpaired) electrons. The van der Waals surface area contributed by atoms with Gasteiger partial charge in [0.1, 0.15) is 18.1 Å². The predicted octanol–water partition coefficient (Wildman–Crippen LogP) is 0.968. The number of benzene rings is 1. The molecule has 1 aromatic carbocycles. The highest BCUT2D eigenvalue weighted by atomic mass is 16.6. The number of hydrogen-bond acceptors (Lipinski definition) is 6. The van der Waals surface area contributed by atoms with E-state index in [4.69, 9.17) is 9.47 Å². The zero-order chi connectivity index (χ0) is 19.7. The number of hydrogen-bond donors (Lipinski definition) is 2. The summed E-state index contributed by atoms with van der Waals surface area (Å²) in [6, 6.07) is 7.42. The van der Waals surface area contributed by atoms with Crippen molar-refractivity contribution in [3.05, 3.63) is 47.8 Å². The van der Waals surface area contributed by atoms with Crippen molar-refractivity contribution in [2.45, 2.75) is 44.4 Å². The Labute approximate surface area is 164 Å². The van der Waals surface area contributed by atoms with Gasteiger partial charge in [0, 0.05) is 31.9 Å². The van der Waals surface area contributed by atoms with Gasteiger partial charge < -0.3 is 19.9 Å². The van der Waals surface area contributed by atoms with Gasteiger partial charge in [-0.05, 0) is 31.0 Å². The molecule has 3 heterocycles. The third kappa shape index (κ3) is 4.04. The number of aliphatic hydroxyl groups is 1. The minimum absolute atomic E-state index is 0.0993. The molecule has 2 aliphatic rings. The number of aromatic nitrogens is 2. The molecule has 2 aliphatic heterocycles. The summed E-state index contributed by atoms with van der Waals surface area (Å²) in [6.07, 6.45) is 3.15. The maximum Gasteiger partial charge on any atom is 0.237 e. The summed E-state index contributed by atoms with van der Waals surface area (Å²) >= 11 is 0. The van der Waals surface area contributed by atoms with Gasteiger partial charge in [-0.3, -0.25) is 14.4 Å². The van der Waals surface area contributed by atoms with Crippen LogP contribution in [0.2, 0.25) is 0 Å². The Hall–Kier alpha value is -2.42. The molecule has 0 saturated carbocycles. The van der Waals surface area contributed by atoms with Crippen LogP contribution >= 0.6 is 0 Å². The molecule has 4 rings (SSSR count). The van der Waals surface area contributed by atoms with Crippen LogP contribution in [0.25, 0.3) is 0 Å². The minimum atomic E-state index is -0.534. The summed E-state index contributed by atoms with van der Waals surface area (Å²) in [5.74, 6) is 0.708. The van der Waals surface area contributed by atoms with Crippen LogP contribution in [0.3, 0.4) is 0 Å². The van der Waals surface area contributed by atoms with Gasteiger partial charge >= 0.3 is 0 Å². The monoisotopic (exact) mass is 386 g/mol. The minimum Gasteiger partial charge on any atom is -0.494 e. The van der Waals surface area contributed by atoms with Crippen molar-refractivity contribution in [1.29, 1.82) is 0 Å². The molecule has 0 bridgehead atoms. The van der Waals surface area contributed by atoms with Crippen molar-refractivity contribution in [2.75, 3.05) is 13.2 Å². The number of nitrogens with zero attached hydrogens (tertiary/aromatic N) is 3. The third-order valence-corrected chi connectivity index (χ3v) is 5.14. The van der Waals surface area contributed by atoms with Gasteiger partial charge in [0.05, 0.1) is 24.9 Å². The van der Waals surface area contributed by atoms with E-state index in [0.29, 0.717) is 26.1 Å². The van der Waals surface area contributed by atoms with Gasteiger partial charge in [0.15, 0.2) is 0 Å². The average Bonchev–Trinajstić information content (AvgIpc) is 3.22. The number of ether oxygens (including phenoxy) is 2. The van der Waals surface area contributed by atoms with Gasteiger partial charge in [0.25, 0.3) is 0 Å². The molecular weight excluding hydrogens is 360 g/mol. The Morgan fingerprint density at radius 3 is 3.07 bits per heavy atom. The molecule has 28 heavy (non-hydrogen) atoms. The molecule has 2 fully saturated rings. The second-order valence-electron chi connectivity index (χ2n) is 7.29. The van der Waals surface area contributed by atoms with Crippen LogP contribution < -0.4 is 10.1 Å². The van der Waals surface area contributed by atoms with E-state index >= 15 is 0 Å². The molecule has 8 nitrogen and oxygen atoms in total. The lowest BCUT2D eigenvalue weighted by Gasteiger charge is -2.21. The molecule has 1 aromatic heterocycles. The van der Waals surface area contributed by atoms with E-state index in [0.717, 1.165) is 16.9 Å². The molecular formula is C20H26N4O4. The fourth-order valence-corrected chi connectivity index (χ4v) is 3.80. The maximum atomic E-state index is 12.7. The van der Waals surface area contributed by atoms with Crippen molar-refractivity contribution in [1.82, 2.24) is 20.0 Å². The number of aliphatic hydroxyl groups excluding tert-OH is 1. The van der Waals surface area contributed by atoms with Gasteiger partial charge in [-0.15, -0.1) is 0 Å². The number of β-amino-alcohol motifs (C(OH)–C–C–N with tert-alkyl or cyclic N) is 1. The topological polar surface area (TPSA) is 92.2 Å². The Morgan fingerprint density at radius 1 is 1.46 bits per heavy atom. The Morgan fingerprint density at radius 2 is 2.32 bits per heavy atom. The zero-order valence-corrected chi connectivity index (χ0v) is 16.1.